The fourth-order valence-electron chi connectivity index (χ4n) is 4.17. The molecular formula is C22H29N3O2. The van der Waals surface area contributed by atoms with Gasteiger partial charge in [-0.3, -0.25) is 14.6 Å². The van der Waals surface area contributed by atoms with Crippen molar-refractivity contribution < 1.29 is 9.21 Å². The number of hydrogen-bond donors (Lipinski definition) is 1. The summed E-state index contributed by atoms with van der Waals surface area (Å²) >= 11 is 0. The van der Waals surface area contributed by atoms with Crippen molar-refractivity contribution in [3.63, 3.8) is 0 Å². The molecule has 5 heteroatoms. The molecule has 1 amide bonds. The monoisotopic (exact) mass is 367 g/mol. The summed E-state index contributed by atoms with van der Waals surface area (Å²) in [4.78, 5) is 17.0. The van der Waals surface area contributed by atoms with E-state index in [1.54, 1.807) is 0 Å². The van der Waals surface area contributed by atoms with Crippen molar-refractivity contribution in [3.8, 4) is 0 Å². The molecule has 0 unspecified atom stereocenters. The van der Waals surface area contributed by atoms with Crippen LogP contribution in [-0.2, 0) is 24.4 Å². The van der Waals surface area contributed by atoms with Crippen LogP contribution >= 0.6 is 0 Å². The quantitative estimate of drug-likeness (QED) is 0.853. The zero-order valence-corrected chi connectivity index (χ0v) is 16.1. The molecule has 27 heavy (non-hydrogen) atoms. The topological polar surface area (TPSA) is 48.7 Å². The average molecular weight is 367 g/mol. The Morgan fingerprint density at radius 1 is 1.07 bits per heavy atom. The van der Waals surface area contributed by atoms with Gasteiger partial charge in [0, 0.05) is 19.6 Å². The molecule has 5 nitrogen and oxygen atoms in total. The van der Waals surface area contributed by atoms with E-state index in [0.29, 0.717) is 12.5 Å². The molecule has 2 aromatic rings. The molecule has 0 aliphatic carbocycles. The predicted molar refractivity (Wildman–Crippen MR) is 105 cm³/mol. The van der Waals surface area contributed by atoms with E-state index in [4.69, 9.17) is 4.42 Å². The van der Waals surface area contributed by atoms with Gasteiger partial charge in [0.15, 0.2) is 0 Å². The molecule has 1 fully saturated rings. The van der Waals surface area contributed by atoms with Crippen LogP contribution < -0.4 is 5.32 Å². The molecule has 2 aliphatic rings. The summed E-state index contributed by atoms with van der Waals surface area (Å²) in [7, 11) is 0. The third kappa shape index (κ3) is 4.79. The molecule has 1 aromatic heterocycles. The van der Waals surface area contributed by atoms with Crippen molar-refractivity contribution in [1.29, 1.82) is 0 Å². The first-order valence-electron chi connectivity index (χ1n) is 9.99. The van der Waals surface area contributed by atoms with Crippen molar-refractivity contribution in [1.82, 2.24) is 15.1 Å². The van der Waals surface area contributed by atoms with Crippen LogP contribution in [0.3, 0.4) is 0 Å². The number of carbonyl (C=O) groups is 1. The summed E-state index contributed by atoms with van der Waals surface area (Å²) in [6.45, 7) is 8.08. The number of likely N-dealkylation sites (tertiary alicyclic amines) is 1. The van der Waals surface area contributed by atoms with Crippen molar-refractivity contribution in [3.05, 3.63) is 59.0 Å². The summed E-state index contributed by atoms with van der Waals surface area (Å²) in [5, 5.41) is 3.16. The molecule has 0 radical (unpaired) electrons. The van der Waals surface area contributed by atoms with Gasteiger partial charge in [-0.15, -0.1) is 0 Å². The van der Waals surface area contributed by atoms with Crippen LogP contribution in [0, 0.1) is 12.8 Å². The highest BCUT2D eigenvalue weighted by atomic mass is 16.3. The lowest BCUT2D eigenvalue weighted by Gasteiger charge is -2.31. The first-order chi connectivity index (χ1) is 13.2. The number of rotatable bonds is 6. The van der Waals surface area contributed by atoms with Gasteiger partial charge in [0.2, 0.25) is 5.91 Å². The Balaban J connectivity index is 1.14. The maximum Gasteiger partial charge on any atom is 0.234 e. The van der Waals surface area contributed by atoms with Gasteiger partial charge in [0.25, 0.3) is 0 Å². The Bertz CT molecular complexity index is 752. The van der Waals surface area contributed by atoms with E-state index in [9.17, 15) is 4.79 Å². The second kappa shape index (κ2) is 8.28. The van der Waals surface area contributed by atoms with E-state index in [1.807, 2.05) is 13.0 Å². The molecule has 0 saturated carbocycles. The third-order valence-corrected chi connectivity index (χ3v) is 5.74. The molecule has 4 rings (SSSR count). The van der Waals surface area contributed by atoms with Gasteiger partial charge < -0.3 is 9.73 Å². The number of nitrogens with one attached hydrogen (secondary N) is 1. The number of furan rings is 1. The van der Waals surface area contributed by atoms with Crippen molar-refractivity contribution in [2.45, 2.75) is 39.4 Å². The van der Waals surface area contributed by atoms with Gasteiger partial charge in [0.05, 0.1) is 13.1 Å². The number of nitrogens with zero attached hydrogens (tertiary/aromatic N) is 2. The summed E-state index contributed by atoms with van der Waals surface area (Å²) in [6, 6.07) is 12.6. The molecule has 1 aromatic carbocycles. The van der Waals surface area contributed by atoms with Gasteiger partial charge in [-0.2, -0.15) is 0 Å². The lowest BCUT2D eigenvalue weighted by atomic mass is 9.96. The predicted octanol–water partition coefficient (Wildman–Crippen LogP) is 2.93. The van der Waals surface area contributed by atoms with Gasteiger partial charge >= 0.3 is 0 Å². The van der Waals surface area contributed by atoms with E-state index < -0.39 is 0 Å². The van der Waals surface area contributed by atoms with Crippen LogP contribution in [0.5, 0.6) is 0 Å². The standard InChI is InChI=1S/C22H29N3O2/c1-17-6-7-21(27-17)15-24-10-8-18(9-11-24)12-23-22(26)16-25-13-19-4-2-3-5-20(19)14-25/h2-7,18H,8-16H2,1H3,(H,23,26). The molecule has 144 valence electrons. The zero-order valence-electron chi connectivity index (χ0n) is 16.1. The SMILES string of the molecule is Cc1ccc(CN2CCC(CNC(=O)CN3Cc4ccccc4C3)CC2)o1. The second-order valence-corrected chi connectivity index (χ2v) is 7.95. The fourth-order valence-corrected chi connectivity index (χ4v) is 4.17. The molecule has 3 heterocycles. The van der Waals surface area contributed by atoms with Crippen LogP contribution in [-0.4, -0.2) is 41.9 Å². The third-order valence-electron chi connectivity index (χ3n) is 5.74. The van der Waals surface area contributed by atoms with Crippen molar-refractivity contribution >= 4 is 5.91 Å². The number of carbonyl (C=O) groups excluding carboxylic acids is 1. The van der Waals surface area contributed by atoms with E-state index >= 15 is 0 Å². The zero-order chi connectivity index (χ0) is 18.6. The van der Waals surface area contributed by atoms with E-state index in [2.05, 4.69) is 45.4 Å². The number of piperidine rings is 1. The maximum absolute atomic E-state index is 12.3. The summed E-state index contributed by atoms with van der Waals surface area (Å²) in [5.74, 6) is 2.75. The molecule has 1 saturated heterocycles. The van der Waals surface area contributed by atoms with Crippen LogP contribution in [0.25, 0.3) is 0 Å². The summed E-state index contributed by atoms with van der Waals surface area (Å²) < 4.78 is 5.68. The summed E-state index contributed by atoms with van der Waals surface area (Å²) in [5.41, 5.74) is 2.70. The molecule has 0 atom stereocenters. The number of amides is 1. The van der Waals surface area contributed by atoms with E-state index in [0.717, 1.165) is 63.6 Å². The Morgan fingerprint density at radius 3 is 2.41 bits per heavy atom. The minimum atomic E-state index is 0.149. The molecule has 1 N–H and O–H groups in total. The number of aryl methyl sites for hydroxylation is 1. The first-order valence-corrected chi connectivity index (χ1v) is 9.99. The highest BCUT2D eigenvalue weighted by Gasteiger charge is 2.23. The highest BCUT2D eigenvalue weighted by Crippen LogP contribution is 2.22. The average Bonchev–Trinajstić information content (AvgIpc) is 3.26. The van der Waals surface area contributed by atoms with Crippen LogP contribution in [0.2, 0.25) is 0 Å². The van der Waals surface area contributed by atoms with Crippen molar-refractivity contribution in [2.24, 2.45) is 5.92 Å². The molecular weight excluding hydrogens is 338 g/mol. The Morgan fingerprint density at radius 2 is 1.78 bits per heavy atom. The fraction of sp³-hybridized carbons (Fsp3) is 0.500. The lowest BCUT2D eigenvalue weighted by Crippen LogP contribution is -2.40. The Kier molecular flexibility index (Phi) is 5.60. The minimum Gasteiger partial charge on any atom is -0.465 e. The van der Waals surface area contributed by atoms with Crippen molar-refractivity contribution in [2.75, 3.05) is 26.2 Å². The van der Waals surface area contributed by atoms with E-state index in [-0.39, 0.29) is 5.91 Å². The summed E-state index contributed by atoms with van der Waals surface area (Å²) in [6.07, 6.45) is 2.27. The number of hydrogen-bond acceptors (Lipinski definition) is 4. The highest BCUT2D eigenvalue weighted by molar-refractivity contribution is 5.78. The normalized spacial score (nSPS) is 18.6. The Hall–Kier alpha value is -2.11. The van der Waals surface area contributed by atoms with Crippen LogP contribution in [0.4, 0.5) is 0 Å². The maximum atomic E-state index is 12.3. The largest absolute Gasteiger partial charge is 0.465 e. The molecule has 0 spiro atoms. The van der Waals surface area contributed by atoms with Gasteiger partial charge in [-0.1, -0.05) is 24.3 Å². The smallest absolute Gasteiger partial charge is 0.234 e. The second-order valence-electron chi connectivity index (χ2n) is 7.95. The molecule has 2 aliphatic heterocycles. The van der Waals surface area contributed by atoms with E-state index in [1.165, 1.54) is 11.1 Å². The van der Waals surface area contributed by atoms with Gasteiger partial charge in [-0.25, -0.2) is 0 Å². The molecule has 0 bridgehead atoms. The number of fused-ring (bicyclic) bond motifs is 1. The van der Waals surface area contributed by atoms with Gasteiger partial charge in [-0.05, 0) is 62.0 Å². The Labute approximate surface area is 161 Å². The van der Waals surface area contributed by atoms with Gasteiger partial charge in [0.1, 0.15) is 11.5 Å². The minimum absolute atomic E-state index is 0.149. The van der Waals surface area contributed by atoms with Crippen LogP contribution in [0.1, 0.15) is 35.5 Å². The first kappa shape index (κ1) is 18.3. The lowest BCUT2D eigenvalue weighted by molar-refractivity contribution is -0.122. The van der Waals surface area contributed by atoms with Crippen LogP contribution in [0.15, 0.2) is 40.8 Å². The number of benzene rings is 1.